The van der Waals surface area contributed by atoms with Gasteiger partial charge in [0.2, 0.25) is 5.91 Å². The van der Waals surface area contributed by atoms with Gasteiger partial charge in [0.25, 0.3) is 0 Å². The number of hydrogen-bond acceptors (Lipinski definition) is 4. The molecule has 0 aliphatic carbocycles. The number of amides is 1. The maximum absolute atomic E-state index is 12.5. The summed E-state index contributed by atoms with van der Waals surface area (Å²) in [5, 5.41) is 12.2. The molecule has 1 aromatic carbocycles. The topological polar surface area (TPSA) is 78.9 Å². The van der Waals surface area contributed by atoms with Gasteiger partial charge in [-0.05, 0) is 11.6 Å². The van der Waals surface area contributed by atoms with Gasteiger partial charge in [-0.15, -0.1) is 0 Å². The fourth-order valence-electron chi connectivity index (χ4n) is 2.67. The quantitative estimate of drug-likeness (QED) is 0.814. The van der Waals surface area contributed by atoms with Gasteiger partial charge in [-0.1, -0.05) is 18.2 Å². The van der Waals surface area contributed by atoms with E-state index in [1.807, 2.05) is 24.3 Å². The number of carboxylic acids is 1. The number of ether oxygens (including phenoxy) is 1. The average Bonchev–Trinajstić information content (AvgIpc) is 2.90. The average molecular weight is 276 g/mol. The van der Waals surface area contributed by atoms with E-state index in [1.165, 1.54) is 0 Å². The summed E-state index contributed by atoms with van der Waals surface area (Å²) < 4.78 is 5.13. The van der Waals surface area contributed by atoms with Gasteiger partial charge in [-0.2, -0.15) is 0 Å². The zero-order chi connectivity index (χ0) is 14.1. The van der Waals surface area contributed by atoms with Crippen LogP contribution in [-0.2, 0) is 20.7 Å². The summed E-state index contributed by atoms with van der Waals surface area (Å²) >= 11 is 0. The lowest BCUT2D eigenvalue weighted by molar-refractivity contribution is -0.159. The fraction of sp³-hybridized carbons (Fsp3) is 0.429. The minimum absolute atomic E-state index is 0.0595. The highest BCUT2D eigenvalue weighted by molar-refractivity contribution is 5.88. The third-order valence-corrected chi connectivity index (χ3v) is 3.72. The number of rotatable bonds is 2. The Morgan fingerprint density at radius 1 is 1.35 bits per heavy atom. The Balaban J connectivity index is 1.67. The van der Waals surface area contributed by atoms with Crippen molar-refractivity contribution >= 4 is 17.6 Å². The van der Waals surface area contributed by atoms with Crippen LogP contribution in [0.15, 0.2) is 24.3 Å². The summed E-state index contributed by atoms with van der Waals surface area (Å²) in [6.45, 7) is 0.822. The van der Waals surface area contributed by atoms with Crippen LogP contribution in [0.4, 0.5) is 5.69 Å². The van der Waals surface area contributed by atoms with Crippen molar-refractivity contribution in [3.8, 4) is 0 Å². The molecule has 6 heteroatoms. The molecule has 106 valence electrons. The third kappa shape index (κ3) is 2.34. The molecule has 1 amide bonds. The van der Waals surface area contributed by atoms with Crippen LogP contribution in [0.1, 0.15) is 5.56 Å². The zero-order valence-corrected chi connectivity index (χ0v) is 10.9. The molecule has 2 aliphatic heterocycles. The first kappa shape index (κ1) is 12.9. The molecule has 1 fully saturated rings. The van der Waals surface area contributed by atoms with Gasteiger partial charge in [-0.25, -0.2) is 4.79 Å². The van der Waals surface area contributed by atoms with Gasteiger partial charge in [-0.3, -0.25) is 4.79 Å². The second kappa shape index (κ2) is 5.13. The van der Waals surface area contributed by atoms with E-state index in [4.69, 9.17) is 9.84 Å². The lowest BCUT2D eigenvalue weighted by Crippen LogP contribution is -2.52. The maximum Gasteiger partial charge on any atom is 0.334 e. The molecule has 2 aliphatic rings. The minimum Gasteiger partial charge on any atom is -0.479 e. The van der Waals surface area contributed by atoms with Gasteiger partial charge in [0.1, 0.15) is 6.04 Å². The number of nitrogens with zero attached hydrogens (tertiary/aromatic N) is 1. The van der Waals surface area contributed by atoms with Crippen molar-refractivity contribution in [2.75, 3.05) is 25.0 Å². The van der Waals surface area contributed by atoms with Crippen LogP contribution in [0.5, 0.6) is 0 Å². The van der Waals surface area contributed by atoms with Crippen LogP contribution in [-0.4, -0.2) is 53.7 Å². The van der Waals surface area contributed by atoms with Crippen LogP contribution in [0.25, 0.3) is 0 Å². The number of para-hydroxylation sites is 1. The van der Waals surface area contributed by atoms with Crippen molar-refractivity contribution in [3.05, 3.63) is 29.8 Å². The van der Waals surface area contributed by atoms with E-state index in [0.717, 1.165) is 11.3 Å². The van der Waals surface area contributed by atoms with E-state index >= 15 is 0 Å². The number of nitrogens with one attached hydrogen (secondary N) is 1. The Labute approximate surface area is 116 Å². The second-order valence-corrected chi connectivity index (χ2v) is 5.04. The van der Waals surface area contributed by atoms with Crippen LogP contribution in [0, 0.1) is 0 Å². The fourth-order valence-corrected chi connectivity index (χ4v) is 2.67. The van der Waals surface area contributed by atoms with E-state index in [9.17, 15) is 9.59 Å². The molecular weight excluding hydrogens is 260 g/mol. The van der Waals surface area contributed by atoms with Crippen LogP contribution >= 0.6 is 0 Å². The minimum atomic E-state index is -1.02. The first-order valence-corrected chi connectivity index (χ1v) is 6.63. The molecule has 0 radical (unpaired) electrons. The van der Waals surface area contributed by atoms with Gasteiger partial charge in [0.15, 0.2) is 6.10 Å². The highest BCUT2D eigenvalue weighted by atomic mass is 16.5. The summed E-state index contributed by atoms with van der Waals surface area (Å²) in [5.41, 5.74) is 2.10. The Kier molecular flexibility index (Phi) is 3.31. The molecule has 3 rings (SSSR count). The molecule has 2 heterocycles. The number of fused-ring (bicyclic) bond motifs is 1. The smallest absolute Gasteiger partial charge is 0.334 e. The number of morpholine rings is 1. The summed E-state index contributed by atoms with van der Waals surface area (Å²) in [7, 11) is 0. The summed E-state index contributed by atoms with van der Waals surface area (Å²) in [6, 6.07) is 7.51. The Bertz CT molecular complexity index is 521. The van der Waals surface area contributed by atoms with Gasteiger partial charge >= 0.3 is 5.97 Å². The number of benzene rings is 1. The number of aliphatic carboxylic acids is 1. The molecule has 0 spiro atoms. The molecule has 6 nitrogen and oxygen atoms in total. The standard InChI is InChI=1S/C14H16N2O4/c17-13(16-5-6-20-12(8-16)14(18)19)11-7-9-3-1-2-4-10(9)15-11/h1-4,11-12,15H,5-8H2,(H,18,19)/t11-,12?/m0/s1. The molecule has 1 aromatic rings. The maximum atomic E-state index is 12.5. The number of carbonyl (C=O) groups is 2. The predicted molar refractivity (Wildman–Crippen MR) is 71.5 cm³/mol. The van der Waals surface area contributed by atoms with Gasteiger partial charge in [0, 0.05) is 18.7 Å². The molecule has 1 unspecified atom stereocenters. The van der Waals surface area contributed by atoms with E-state index in [2.05, 4.69) is 5.32 Å². The van der Waals surface area contributed by atoms with Gasteiger partial charge in [0.05, 0.1) is 13.2 Å². The summed E-state index contributed by atoms with van der Waals surface area (Å²) in [6.07, 6.45) is -0.277. The van der Waals surface area contributed by atoms with Crippen molar-refractivity contribution in [2.45, 2.75) is 18.6 Å². The molecule has 2 atom stereocenters. The first-order chi connectivity index (χ1) is 9.65. The largest absolute Gasteiger partial charge is 0.479 e. The Morgan fingerprint density at radius 2 is 2.15 bits per heavy atom. The normalized spacial score (nSPS) is 24.9. The van der Waals surface area contributed by atoms with Gasteiger partial charge < -0.3 is 20.1 Å². The molecule has 0 bridgehead atoms. The number of anilines is 1. The van der Waals surface area contributed by atoms with E-state index in [0.29, 0.717) is 13.0 Å². The summed E-state index contributed by atoms with van der Waals surface area (Å²) in [5.74, 6) is -1.08. The SMILES string of the molecule is O=C(O)C1CN(C(=O)[C@@H]2Cc3ccccc3N2)CCO1. The van der Waals surface area contributed by atoms with Crippen molar-refractivity contribution in [1.29, 1.82) is 0 Å². The van der Waals surface area contributed by atoms with E-state index in [-0.39, 0.29) is 25.1 Å². The lowest BCUT2D eigenvalue weighted by Gasteiger charge is -2.32. The lowest BCUT2D eigenvalue weighted by atomic mass is 10.1. The number of carboxylic acid groups (broad SMARTS) is 1. The highest BCUT2D eigenvalue weighted by Gasteiger charge is 2.34. The number of hydrogen-bond donors (Lipinski definition) is 2. The Hall–Kier alpha value is -2.08. The molecule has 2 N–H and O–H groups in total. The monoisotopic (exact) mass is 276 g/mol. The van der Waals surface area contributed by atoms with Crippen molar-refractivity contribution in [3.63, 3.8) is 0 Å². The second-order valence-electron chi connectivity index (χ2n) is 5.04. The van der Waals surface area contributed by atoms with Crippen LogP contribution in [0.2, 0.25) is 0 Å². The van der Waals surface area contributed by atoms with Crippen LogP contribution in [0.3, 0.4) is 0 Å². The number of carbonyl (C=O) groups excluding carboxylic acids is 1. The molecule has 1 saturated heterocycles. The molecule has 0 saturated carbocycles. The van der Waals surface area contributed by atoms with Crippen LogP contribution < -0.4 is 5.32 Å². The molecule has 20 heavy (non-hydrogen) atoms. The Morgan fingerprint density at radius 3 is 2.90 bits per heavy atom. The molecule has 0 aromatic heterocycles. The zero-order valence-electron chi connectivity index (χ0n) is 10.9. The predicted octanol–water partition coefficient (Wildman–Crippen LogP) is 0.335. The van der Waals surface area contributed by atoms with E-state index < -0.39 is 12.1 Å². The first-order valence-electron chi connectivity index (χ1n) is 6.63. The van der Waals surface area contributed by atoms with E-state index in [1.54, 1.807) is 4.90 Å². The van der Waals surface area contributed by atoms with Crippen molar-refractivity contribution < 1.29 is 19.4 Å². The van der Waals surface area contributed by atoms with Crippen molar-refractivity contribution in [1.82, 2.24) is 4.90 Å². The third-order valence-electron chi connectivity index (χ3n) is 3.72. The van der Waals surface area contributed by atoms with Crippen molar-refractivity contribution in [2.24, 2.45) is 0 Å². The molecular formula is C14H16N2O4. The summed E-state index contributed by atoms with van der Waals surface area (Å²) in [4.78, 5) is 25.0. The highest BCUT2D eigenvalue weighted by Crippen LogP contribution is 2.26.